The highest BCUT2D eigenvalue weighted by molar-refractivity contribution is 5.90. The van der Waals surface area contributed by atoms with E-state index in [9.17, 15) is 24.6 Å². The number of fused-ring (bicyclic) bond motifs is 2. The zero-order chi connectivity index (χ0) is 36.1. The normalized spacial score (nSPS) is 39.3. The van der Waals surface area contributed by atoms with Gasteiger partial charge in [-0.3, -0.25) is 4.79 Å². The molecule has 2 aromatic rings. The van der Waals surface area contributed by atoms with E-state index in [1.165, 1.54) is 0 Å². The van der Waals surface area contributed by atoms with Gasteiger partial charge < -0.3 is 38.7 Å². The molecular formula is C41H50O10. The second-order valence-electron chi connectivity index (χ2n) is 15.9. The molecule has 7 unspecified atom stereocenters. The molecule has 4 aliphatic carbocycles. The first-order chi connectivity index (χ1) is 24.5. The Morgan fingerprint density at radius 1 is 0.941 bits per heavy atom. The Bertz CT molecular complexity index is 1630. The van der Waals surface area contributed by atoms with Crippen LogP contribution in [0.2, 0.25) is 0 Å². The molecule has 2 aromatic carbocycles. The van der Waals surface area contributed by atoms with Crippen LogP contribution in [0.5, 0.6) is 0 Å². The van der Waals surface area contributed by atoms with Crippen molar-refractivity contribution in [2.24, 2.45) is 45.8 Å². The van der Waals surface area contributed by atoms with Gasteiger partial charge in [0.25, 0.3) is 0 Å². The summed E-state index contributed by atoms with van der Waals surface area (Å²) < 4.78 is 30.4. The summed E-state index contributed by atoms with van der Waals surface area (Å²) in [7, 11) is 0. The maximum atomic E-state index is 13.9. The minimum Gasteiger partial charge on any atom is -0.481 e. The zero-order valence-corrected chi connectivity index (χ0v) is 29.8. The Hall–Kier alpha value is -3.57. The van der Waals surface area contributed by atoms with Gasteiger partial charge in [-0.2, -0.15) is 0 Å². The lowest BCUT2D eigenvalue weighted by atomic mass is 9.43. The van der Waals surface area contributed by atoms with Gasteiger partial charge >= 0.3 is 12.1 Å². The number of aliphatic carboxylic acids is 1. The van der Waals surface area contributed by atoms with Crippen LogP contribution < -0.4 is 0 Å². The van der Waals surface area contributed by atoms with Gasteiger partial charge in [0.15, 0.2) is 12.4 Å². The smallest absolute Gasteiger partial charge is 0.481 e. The standard InChI is InChI=1S/C41H50O10/c1-24(2)32-17-29-18-39(22-42)31-16-15-25(3)30(31)19-40(29,41(32,39)37(44)45)23-49-36-35(51-38(46)48-21-28-13-9-6-10-14-28)33(43)34(26(4)50-36)47-20-27-11-7-5-8-12-27/h5-14,17,22,24-26,29-31,33-36,43H,15-16,18-21,23H2,1-4H3,(H,44,45)/t25?,26-,29?,30?,31?,33-,34-,35+,36-,39?,40?,41?/m1/s1. The van der Waals surface area contributed by atoms with Crippen molar-refractivity contribution in [1.29, 1.82) is 0 Å². The highest BCUT2D eigenvalue weighted by atomic mass is 16.8. The predicted molar refractivity (Wildman–Crippen MR) is 185 cm³/mol. The molecule has 0 radical (unpaired) electrons. The molecule has 0 amide bonds. The summed E-state index contributed by atoms with van der Waals surface area (Å²) in [4.78, 5) is 40.5. The van der Waals surface area contributed by atoms with Crippen molar-refractivity contribution in [3.05, 3.63) is 83.4 Å². The molecule has 1 heterocycles. The largest absolute Gasteiger partial charge is 0.509 e. The fourth-order valence-electron chi connectivity index (χ4n) is 11.0. The molecule has 1 saturated heterocycles. The highest BCUT2D eigenvalue weighted by Crippen LogP contribution is 2.82. The number of benzene rings is 2. The maximum Gasteiger partial charge on any atom is 0.509 e. The quantitative estimate of drug-likeness (QED) is 0.146. The number of aliphatic hydroxyl groups excluding tert-OH is 1. The van der Waals surface area contributed by atoms with Crippen molar-refractivity contribution in [1.82, 2.24) is 0 Å². The Morgan fingerprint density at radius 2 is 1.61 bits per heavy atom. The van der Waals surface area contributed by atoms with Crippen molar-refractivity contribution in [2.45, 2.75) is 97.3 Å². The summed E-state index contributed by atoms with van der Waals surface area (Å²) in [6.07, 6.45) is -0.622. The number of ether oxygens (including phenoxy) is 5. The van der Waals surface area contributed by atoms with Crippen molar-refractivity contribution in [3.8, 4) is 0 Å². The molecule has 4 bridgehead atoms. The average molecular weight is 703 g/mol. The van der Waals surface area contributed by atoms with E-state index in [-0.39, 0.29) is 43.5 Å². The van der Waals surface area contributed by atoms with Gasteiger partial charge in [0.2, 0.25) is 0 Å². The van der Waals surface area contributed by atoms with E-state index in [0.717, 1.165) is 35.8 Å². The monoisotopic (exact) mass is 702 g/mol. The second kappa shape index (κ2) is 13.8. The number of hydrogen-bond donors (Lipinski definition) is 2. The summed E-state index contributed by atoms with van der Waals surface area (Å²) in [6, 6.07) is 18.7. The van der Waals surface area contributed by atoms with E-state index < -0.39 is 59.1 Å². The van der Waals surface area contributed by atoms with Crippen LogP contribution in [-0.4, -0.2) is 65.9 Å². The summed E-state index contributed by atoms with van der Waals surface area (Å²) in [5.41, 5.74) is -0.979. The molecule has 12 atom stereocenters. The molecule has 10 nitrogen and oxygen atoms in total. The number of rotatable bonds is 12. The van der Waals surface area contributed by atoms with Crippen LogP contribution in [0.3, 0.4) is 0 Å². The fourth-order valence-corrected chi connectivity index (χ4v) is 11.0. The fraction of sp³-hybridized carbons (Fsp3) is 0.585. The van der Waals surface area contributed by atoms with Gasteiger partial charge in [-0.25, -0.2) is 4.79 Å². The average Bonchev–Trinajstić information content (AvgIpc) is 3.69. The van der Waals surface area contributed by atoms with Crippen LogP contribution >= 0.6 is 0 Å². The zero-order valence-electron chi connectivity index (χ0n) is 29.8. The lowest BCUT2D eigenvalue weighted by Gasteiger charge is -2.58. The van der Waals surface area contributed by atoms with Gasteiger partial charge in [0, 0.05) is 5.41 Å². The Balaban J connectivity index is 1.19. The molecule has 51 heavy (non-hydrogen) atoms. The van der Waals surface area contributed by atoms with Crippen molar-refractivity contribution in [2.75, 3.05) is 6.61 Å². The number of allylic oxidation sites excluding steroid dienone is 1. The van der Waals surface area contributed by atoms with Gasteiger partial charge in [-0.05, 0) is 66.9 Å². The molecule has 2 N–H and O–H groups in total. The minimum absolute atomic E-state index is 0.0209. The number of carboxylic acids is 1. The second-order valence-corrected chi connectivity index (χ2v) is 15.9. The van der Waals surface area contributed by atoms with Gasteiger partial charge in [0.1, 0.15) is 30.5 Å². The third kappa shape index (κ3) is 5.56. The van der Waals surface area contributed by atoms with Crippen molar-refractivity contribution >= 4 is 18.4 Å². The molecule has 3 saturated carbocycles. The van der Waals surface area contributed by atoms with Crippen LogP contribution in [0, 0.1) is 45.8 Å². The first-order valence-electron chi connectivity index (χ1n) is 18.4. The van der Waals surface area contributed by atoms with E-state index in [1.807, 2.05) is 74.5 Å². The van der Waals surface area contributed by atoms with Gasteiger partial charge in [-0.15, -0.1) is 0 Å². The van der Waals surface area contributed by atoms with E-state index in [4.69, 9.17) is 23.7 Å². The molecule has 10 heteroatoms. The van der Waals surface area contributed by atoms with Gasteiger partial charge in [0.05, 0.1) is 24.7 Å². The van der Waals surface area contributed by atoms with Gasteiger partial charge in [-0.1, -0.05) is 99.5 Å². The maximum absolute atomic E-state index is 13.9. The van der Waals surface area contributed by atoms with Crippen LogP contribution in [0.15, 0.2) is 72.3 Å². The van der Waals surface area contributed by atoms with E-state index in [1.54, 1.807) is 6.92 Å². The van der Waals surface area contributed by atoms with Crippen molar-refractivity contribution < 1.29 is 48.3 Å². The Labute approximate surface area is 299 Å². The number of hydrogen-bond acceptors (Lipinski definition) is 9. The minimum atomic E-state index is -1.45. The number of carbonyl (C=O) groups excluding carboxylic acids is 2. The third-order valence-corrected chi connectivity index (χ3v) is 13.1. The van der Waals surface area contributed by atoms with Crippen LogP contribution in [-0.2, 0) is 46.5 Å². The molecule has 7 rings (SSSR count). The first kappa shape index (κ1) is 35.8. The highest BCUT2D eigenvalue weighted by Gasteiger charge is 2.84. The predicted octanol–water partition coefficient (Wildman–Crippen LogP) is 6.34. The summed E-state index contributed by atoms with van der Waals surface area (Å²) >= 11 is 0. The number of aldehydes is 1. The molecular weight excluding hydrogens is 652 g/mol. The lowest BCUT2D eigenvalue weighted by molar-refractivity contribution is -0.311. The van der Waals surface area contributed by atoms with Crippen molar-refractivity contribution in [3.63, 3.8) is 0 Å². The van der Waals surface area contributed by atoms with Crippen LogP contribution in [0.4, 0.5) is 4.79 Å². The number of carbonyl (C=O) groups is 3. The summed E-state index contributed by atoms with van der Waals surface area (Å²) in [6.45, 7) is 8.06. The Kier molecular flexibility index (Phi) is 9.67. The third-order valence-electron chi connectivity index (χ3n) is 13.1. The molecule has 0 aromatic heterocycles. The van der Waals surface area contributed by atoms with Crippen LogP contribution in [0.1, 0.15) is 64.5 Å². The SMILES string of the molecule is CC(C)C1=CC2CC3(C=O)C4CCC(C)C4CC2(CO[C@@H]2O[C@H](C)[C@@H](OCc4ccccc4)[C@@H](O)[C@@H]2OC(=O)OCc2ccccc2)C13C(=O)O. The topological polar surface area (TPSA) is 138 Å². The van der Waals surface area contributed by atoms with E-state index in [2.05, 4.69) is 13.0 Å². The number of carboxylic acid groups (broad SMARTS) is 1. The van der Waals surface area contributed by atoms with Crippen LogP contribution in [0.25, 0.3) is 0 Å². The first-order valence-corrected chi connectivity index (χ1v) is 18.4. The molecule has 1 aliphatic heterocycles. The Morgan fingerprint density at radius 3 is 2.24 bits per heavy atom. The molecule has 4 fully saturated rings. The number of aliphatic hydroxyl groups is 1. The molecule has 0 spiro atoms. The summed E-state index contributed by atoms with van der Waals surface area (Å²) in [5, 5.41) is 23.2. The van der Waals surface area contributed by atoms with E-state index >= 15 is 0 Å². The molecule has 5 aliphatic rings. The van der Waals surface area contributed by atoms with E-state index in [0.29, 0.717) is 18.8 Å². The summed E-state index contributed by atoms with van der Waals surface area (Å²) in [5.74, 6) is -0.786. The lowest BCUT2D eigenvalue weighted by Crippen LogP contribution is -2.64. The molecule has 274 valence electrons.